The highest BCUT2D eigenvalue weighted by Gasteiger charge is 2.32. The summed E-state index contributed by atoms with van der Waals surface area (Å²) in [6.45, 7) is 0.769. The summed E-state index contributed by atoms with van der Waals surface area (Å²) in [5, 5.41) is 13.8. The Bertz CT molecular complexity index is 1020. The number of likely N-dealkylation sites (tertiary alicyclic amines) is 1. The van der Waals surface area contributed by atoms with E-state index in [1.54, 1.807) is 17.0 Å². The molecule has 3 rings (SSSR count). The van der Waals surface area contributed by atoms with Gasteiger partial charge in [0.15, 0.2) is 9.84 Å². The van der Waals surface area contributed by atoms with E-state index in [1.807, 2.05) is 0 Å². The van der Waals surface area contributed by atoms with Crippen LogP contribution in [0.3, 0.4) is 0 Å². The minimum Gasteiger partial charge on any atom is -0.373 e. The van der Waals surface area contributed by atoms with Gasteiger partial charge in [0.05, 0.1) is 15.5 Å². The minimum atomic E-state index is -3.74. The Kier molecular flexibility index (Phi) is 5.32. The van der Waals surface area contributed by atoms with Crippen LogP contribution in [0.4, 0.5) is 15.8 Å². The van der Waals surface area contributed by atoms with Gasteiger partial charge in [0.1, 0.15) is 11.9 Å². The maximum absolute atomic E-state index is 13.0. The van der Waals surface area contributed by atoms with Crippen molar-refractivity contribution < 1.29 is 22.5 Å². The zero-order valence-corrected chi connectivity index (χ0v) is 15.8. The third kappa shape index (κ3) is 4.28. The van der Waals surface area contributed by atoms with E-state index in [2.05, 4.69) is 5.32 Å². The van der Waals surface area contributed by atoms with Gasteiger partial charge >= 0.3 is 0 Å². The molecule has 0 radical (unpaired) electrons. The number of anilines is 1. The summed E-state index contributed by atoms with van der Waals surface area (Å²) in [4.78, 5) is 24.3. The topological polar surface area (TPSA) is 110 Å². The lowest BCUT2D eigenvalue weighted by Gasteiger charge is -2.18. The Morgan fingerprint density at radius 3 is 2.54 bits per heavy atom. The number of nitrogens with one attached hydrogen (secondary N) is 1. The minimum absolute atomic E-state index is 0.148. The van der Waals surface area contributed by atoms with Crippen LogP contribution in [0, 0.1) is 15.9 Å². The van der Waals surface area contributed by atoms with Crippen molar-refractivity contribution >= 4 is 27.1 Å². The zero-order valence-electron chi connectivity index (χ0n) is 15.0. The van der Waals surface area contributed by atoms with Crippen molar-refractivity contribution in [2.75, 3.05) is 18.1 Å². The molecular weight excluding hydrogens is 389 g/mol. The number of rotatable bonds is 6. The molecule has 1 aliphatic rings. The molecule has 1 heterocycles. The van der Waals surface area contributed by atoms with Gasteiger partial charge in [-0.05, 0) is 30.2 Å². The summed E-state index contributed by atoms with van der Waals surface area (Å²) in [5.41, 5.74) is 0.583. The molecule has 1 aliphatic heterocycles. The van der Waals surface area contributed by atoms with E-state index in [0.717, 1.165) is 17.9 Å². The average Bonchev–Trinajstić information content (AvgIpc) is 2.96. The van der Waals surface area contributed by atoms with E-state index in [4.69, 9.17) is 0 Å². The first-order chi connectivity index (χ1) is 13.1. The number of nitrogens with zero attached hydrogens (tertiary/aromatic N) is 2. The van der Waals surface area contributed by atoms with Crippen LogP contribution in [-0.2, 0) is 21.2 Å². The van der Waals surface area contributed by atoms with E-state index >= 15 is 0 Å². The number of nitro benzene ring substituents is 1. The van der Waals surface area contributed by atoms with Crippen molar-refractivity contribution in [3.63, 3.8) is 0 Å². The molecule has 10 heteroatoms. The number of hydrogen-bond donors (Lipinski definition) is 1. The highest BCUT2D eigenvalue weighted by atomic mass is 32.2. The molecule has 0 spiro atoms. The van der Waals surface area contributed by atoms with Gasteiger partial charge in [-0.3, -0.25) is 14.9 Å². The van der Waals surface area contributed by atoms with Gasteiger partial charge in [0.25, 0.3) is 5.69 Å². The fraction of sp³-hybridized carbons (Fsp3) is 0.278. The molecule has 1 N–H and O–H groups in total. The van der Waals surface area contributed by atoms with Crippen LogP contribution in [-0.4, -0.2) is 43.0 Å². The Hall–Kier alpha value is -3.01. The van der Waals surface area contributed by atoms with Crippen molar-refractivity contribution in [3.05, 3.63) is 64.0 Å². The first-order valence-corrected chi connectivity index (χ1v) is 10.3. The molecule has 0 aromatic heterocycles. The molecule has 1 unspecified atom stereocenters. The Labute approximate surface area is 161 Å². The number of non-ortho nitro benzene ring substituents is 1. The zero-order chi connectivity index (χ0) is 20.5. The van der Waals surface area contributed by atoms with Crippen LogP contribution in [0.15, 0.2) is 47.4 Å². The van der Waals surface area contributed by atoms with Crippen LogP contribution in [0.1, 0.15) is 12.0 Å². The van der Waals surface area contributed by atoms with Crippen molar-refractivity contribution in [1.29, 1.82) is 0 Å². The van der Waals surface area contributed by atoms with E-state index in [1.165, 1.54) is 24.3 Å². The van der Waals surface area contributed by atoms with Gasteiger partial charge < -0.3 is 10.2 Å². The highest BCUT2D eigenvalue weighted by Crippen LogP contribution is 2.28. The van der Waals surface area contributed by atoms with Gasteiger partial charge in [-0.25, -0.2) is 12.8 Å². The van der Waals surface area contributed by atoms with Gasteiger partial charge in [0, 0.05) is 31.5 Å². The van der Waals surface area contributed by atoms with E-state index in [-0.39, 0.29) is 28.0 Å². The second-order valence-corrected chi connectivity index (χ2v) is 8.57. The SMILES string of the molecule is CS(=O)(=O)c1cc([N+](=O)[O-])ccc1NC1CCN(Cc2ccc(F)cc2)C1=O. The molecule has 1 fully saturated rings. The predicted molar refractivity (Wildman–Crippen MR) is 100 cm³/mol. The molecule has 2 aromatic carbocycles. The smallest absolute Gasteiger partial charge is 0.270 e. The van der Waals surface area contributed by atoms with Crippen molar-refractivity contribution in [2.45, 2.75) is 23.9 Å². The maximum atomic E-state index is 13.0. The van der Waals surface area contributed by atoms with Crippen molar-refractivity contribution in [2.24, 2.45) is 0 Å². The number of hydrogen-bond acceptors (Lipinski definition) is 6. The van der Waals surface area contributed by atoms with E-state index < -0.39 is 20.8 Å². The summed E-state index contributed by atoms with van der Waals surface area (Å²) in [7, 11) is -3.74. The summed E-state index contributed by atoms with van der Waals surface area (Å²) in [5.74, 6) is -0.579. The number of carbonyl (C=O) groups excluding carboxylic acids is 1. The fourth-order valence-corrected chi connectivity index (χ4v) is 3.94. The van der Waals surface area contributed by atoms with Gasteiger partial charge in [-0.15, -0.1) is 0 Å². The summed E-state index contributed by atoms with van der Waals surface area (Å²) in [6, 6.07) is 8.65. The number of amides is 1. The largest absolute Gasteiger partial charge is 0.373 e. The first-order valence-electron chi connectivity index (χ1n) is 8.43. The monoisotopic (exact) mass is 407 g/mol. The Morgan fingerprint density at radius 2 is 1.93 bits per heavy atom. The average molecular weight is 407 g/mol. The summed E-state index contributed by atoms with van der Waals surface area (Å²) < 4.78 is 37.1. The lowest BCUT2D eigenvalue weighted by molar-refractivity contribution is -0.385. The van der Waals surface area contributed by atoms with Gasteiger partial charge in [-0.2, -0.15) is 0 Å². The first kappa shape index (κ1) is 19.7. The van der Waals surface area contributed by atoms with Crippen LogP contribution in [0.5, 0.6) is 0 Å². The van der Waals surface area contributed by atoms with Crippen LogP contribution >= 0.6 is 0 Å². The molecule has 28 heavy (non-hydrogen) atoms. The summed E-state index contributed by atoms with van der Waals surface area (Å²) >= 11 is 0. The van der Waals surface area contributed by atoms with Gasteiger partial charge in [-0.1, -0.05) is 12.1 Å². The second-order valence-electron chi connectivity index (χ2n) is 6.58. The molecule has 1 amide bonds. The molecule has 2 aromatic rings. The highest BCUT2D eigenvalue weighted by molar-refractivity contribution is 7.90. The van der Waals surface area contributed by atoms with Crippen LogP contribution < -0.4 is 5.32 Å². The van der Waals surface area contributed by atoms with Crippen molar-refractivity contribution in [1.82, 2.24) is 4.90 Å². The van der Waals surface area contributed by atoms with Gasteiger partial charge in [0.2, 0.25) is 5.91 Å². The molecule has 1 atom stereocenters. The number of sulfone groups is 1. The molecule has 0 saturated carbocycles. The maximum Gasteiger partial charge on any atom is 0.270 e. The third-order valence-electron chi connectivity index (χ3n) is 4.49. The lowest BCUT2D eigenvalue weighted by atomic mass is 10.2. The molecule has 1 saturated heterocycles. The third-order valence-corrected chi connectivity index (χ3v) is 5.63. The molecule has 8 nitrogen and oxygen atoms in total. The number of benzene rings is 2. The second kappa shape index (κ2) is 7.55. The molecule has 148 valence electrons. The molecule has 0 bridgehead atoms. The van der Waals surface area contributed by atoms with E-state index in [9.17, 15) is 27.7 Å². The quantitative estimate of drug-likeness (QED) is 0.581. The Balaban J connectivity index is 1.78. The molecule has 0 aliphatic carbocycles. The summed E-state index contributed by atoms with van der Waals surface area (Å²) in [6.07, 6.45) is 1.40. The fourth-order valence-electron chi connectivity index (χ4n) is 3.08. The molecular formula is C18H18FN3O5S. The number of carbonyl (C=O) groups is 1. The Morgan fingerprint density at radius 1 is 1.25 bits per heavy atom. The van der Waals surface area contributed by atoms with Crippen LogP contribution in [0.25, 0.3) is 0 Å². The lowest BCUT2D eigenvalue weighted by Crippen LogP contribution is -2.33. The van der Waals surface area contributed by atoms with Crippen LogP contribution in [0.2, 0.25) is 0 Å². The number of nitro groups is 1. The van der Waals surface area contributed by atoms with E-state index in [0.29, 0.717) is 19.5 Å². The predicted octanol–water partition coefficient (Wildman–Crippen LogP) is 2.35. The standard InChI is InChI=1S/C18H18FN3O5S/c1-28(26,27)17-10-14(22(24)25)6-7-15(17)20-16-8-9-21(18(16)23)11-12-2-4-13(19)5-3-12/h2-7,10,16,20H,8-9,11H2,1H3. The van der Waals surface area contributed by atoms with Crippen molar-refractivity contribution in [3.8, 4) is 0 Å². The normalized spacial score (nSPS) is 17.0. The number of halogens is 1.